The molecule has 1 aliphatic carbocycles. The summed E-state index contributed by atoms with van der Waals surface area (Å²) in [5, 5.41) is 8.76. The van der Waals surface area contributed by atoms with Crippen LogP contribution in [0.3, 0.4) is 0 Å². The summed E-state index contributed by atoms with van der Waals surface area (Å²) in [5.74, 6) is 0.574. The van der Waals surface area contributed by atoms with E-state index in [-0.39, 0.29) is 6.42 Å². The van der Waals surface area contributed by atoms with Gasteiger partial charge >= 0.3 is 5.97 Å². The summed E-state index contributed by atoms with van der Waals surface area (Å²) in [6, 6.07) is 0. The molecule has 1 aromatic heterocycles. The molecular weight excluding hydrogens is 204 g/mol. The zero-order chi connectivity index (χ0) is 11.4. The van der Waals surface area contributed by atoms with Crippen molar-refractivity contribution >= 4 is 5.97 Å². The van der Waals surface area contributed by atoms with Gasteiger partial charge in [-0.2, -0.15) is 0 Å². The molecule has 4 heteroatoms. The van der Waals surface area contributed by atoms with Crippen molar-refractivity contribution in [3.63, 3.8) is 0 Å². The number of rotatable bonds is 4. The predicted molar refractivity (Wildman–Crippen MR) is 60.1 cm³/mol. The van der Waals surface area contributed by atoms with Crippen LogP contribution in [0.2, 0.25) is 0 Å². The molecule has 1 aliphatic rings. The SMILES string of the molecule is O=C(O)Cc1nccn1CC1CCCCC1. The normalized spacial score (nSPS) is 17.5. The molecule has 0 spiro atoms. The van der Waals surface area contributed by atoms with Crippen LogP contribution in [-0.4, -0.2) is 20.6 Å². The van der Waals surface area contributed by atoms with E-state index in [4.69, 9.17) is 5.11 Å². The number of aromatic nitrogens is 2. The summed E-state index contributed by atoms with van der Waals surface area (Å²) in [4.78, 5) is 14.8. The molecule has 1 fully saturated rings. The Balaban J connectivity index is 1.97. The third-order valence-electron chi connectivity index (χ3n) is 3.29. The number of hydrogen-bond donors (Lipinski definition) is 1. The van der Waals surface area contributed by atoms with Crippen molar-refractivity contribution in [3.05, 3.63) is 18.2 Å². The number of aliphatic carboxylic acids is 1. The molecule has 16 heavy (non-hydrogen) atoms. The Morgan fingerprint density at radius 1 is 1.44 bits per heavy atom. The molecule has 0 aliphatic heterocycles. The van der Waals surface area contributed by atoms with Crippen LogP contribution in [0, 0.1) is 5.92 Å². The number of carboxylic acid groups (broad SMARTS) is 1. The highest BCUT2D eigenvalue weighted by molar-refractivity contribution is 5.69. The van der Waals surface area contributed by atoms with Crippen LogP contribution in [-0.2, 0) is 17.8 Å². The number of hydrogen-bond acceptors (Lipinski definition) is 2. The van der Waals surface area contributed by atoms with E-state index in [0.717, 1.165) is 6.54 Å². The lowest BCUT2D eigenvalue weighted by molar-refractivity contribution is -0.136. The van der Waals surface area contributed by atoms with Gasteiger partial charge in [-0.15, -0.1) is 0 Å². The van der Waals surface area contributed by atoms with Gasteiger partial charge in [0.1, 0.15) is 12.2 Å². The summed E-state index contributed by atoms with van der Waals surface area (Å²) >= 11 is 0. The molecule has 1 aromatic rings. The van der Waals surface area contributed by atoms with E-state index in [0.29, 0.717) is 11.7 Å². The van der Waals surface area contributed by atoms with Crippen LogP contribution in [0.1, 0.15) is 37.9 Å². The molecule has 1 saturated carbocycles. The van der Waals surface area contributed by atoms with Crippen LogP contribution in [0.25, 0.3) is 0 Å². The first-order valence-electron chi connectivity index (χ1n) is 5.97. The van der Waals surface area contributed by atoms with Crippen LogP contribution in [0.15, 0.2) is 12.4 Å². The topological polar surface area (TPSA) is 55.1 Å². The Labute approximate surface area is 95.3 Å². The standard InChI is InChI=1S/C12H18N2O2/c15-12(16)8-11-13-6-7-14(11)9-10-4-2-1-3-5-10/h6-7,10H,1-5,8-9H2,(H,15,16). The van der Waals surface area contributed by atoms with Gasteiger partial charge in [0, 0.05) is 18.9 Å². The second-order valence-electron chi connectivity index (χ2n) is 4.57. The summed E-state index contributed by atoms with van der Waals surface area (Å²) in [6.45, 7) is 0.933. The lowest BCUT2D eigenvalue weighted by Crippen LogP contribution is -2.17. The molecule has 0 atom stereocenters. The molecule has 88 valence electrons. The van der Waals surface area contributed by atoms with Gasteiger partial charge in [-0.25, -0.2) is 4.98 Å². The lowest BCUT2D eigenvalue weighted by atomic mass is 9.89. The van der Waals surface area contributed by atoms with E-state index in [1.807, 2.05) is 10.8 Å². The van der Waals surface area contributed by atoms with Gasteiger partial charge in [-0.1, -0.05) is 19.3 Å². The number of nitrogens with zero attached hydrogens (tertiary/aromatic N) is 2. The first kappa shape index (κ1) is 11.2. The zero-order valence-corrected chi connectivity index (χ0v) is 9.43. The maximum Gasteiger partial charge on any atom is 0.311 e. The van der Waals surface area contributed by atoms with E-state index in [1.54, 1.807) is 6.20 Å². The van der Waals surface area contributed by atoms with Gasteiger partial charge in [0.05, 0.1) is 0 Å². The number of carboxylic acids is 1. The fraction of sp³-hybridized carbons (Fsp3) is 0.667. The van der Waals surface area contributed by atoms with Crippen LogP contribution in [0.5, 0.6) is 0 Å². The average Bonchev–Trinajstić information content (AvgIpc) is 2.66. The summed E-state index contributed by atoms with van der Waals surface area (Å²) in [6.07, 6.45) is 10.1. The molecule has 1 N–H and O–H groups in total. The number of imidazole rings is 1. The average molecular weight is 222 g/mol. The predicted octanol–water partition coefficient (Wildman–Crippen LogP) is 2.09. The fourth-order valence-electron chi connectivity index (χ4n) is 2.46. The quantitative estimate of drug-likeness (QED) is 0.848. The fourth-order valence-corrected chi connectivity index (χ4v) is 2.46. The summed E-state index contributed by atoms with van der Waals surface area (Å²) < 4.78 is 2.00. The van der Waals surface area contributed by atoms with Crippen molar-refractivity contribution in [2.75, 3.05) is 0 Å². The zero-order valence-electron chi connectivity index (χ0n) is 9.43. The molecule has 0 radical (unpaired) electrons. The molecule has 1 heterocycles. The van der Waals surface area contributed by atoms with Gasteiger partial charge in [0.2, 0.25) is 0 Å². The first-order chi connectivity index (χ1) is 7.75. The van der Waals surface area contributed by atoms with E-state index in [2.05, 4.69) is 4.98 Å². The molecule has 0 aromatic carbocycles. The summed E-state index contributed by atoms with van der Waals surface area (Å²) in [5.41, 5.74) is 0. The van der Waals surface area contributed by atoms with Crippen molar-refractivity contribution in [1.82, 2.24) is 9.55 Å². The van der Waals surface area contributed by atoms with Crippen molar-refractivity contribution in [1.29, 1.82) is 0 Å². The van der Waals surface area contributed by atoms with E-state index < -0.39 is 5.97 Å². The molecule has 0 bridgehead atoms. The maximum atomic E-state index is 10.7. The maximum absolute atomic E-state index is 10.7. The Morgan fingerprint density at radius 3 is 2.88 bits per heavy atom. The van der Waals surface area contributed by atoms with Gasteiger partial charge < -0.3 is 9.67 Å². The largest absolute Gasteiger partial charge is 0.481 e. The van der Waals surface area contributed by atoms with E-state index >= 15 is 0 Å². The highest BCUT2D eigenvalue weighted by Gasteiger charge is 2.16. The second-order valence-corrected chi connectivity index (χ2v) is 4.57. The van der Waals surface area contributed by atoms with Crippen molar-refractivity contribution in [3.8, 4) is 0 Å². The van der Waals surface area contributed by atoms with Crippen molar-refractivity contribution < 1.29 is 9.90 Å². The second kappa shape index (κ2) is 5.14. The van der Waals surface area contributed by atoms with E-state index in [9.17, 15) is 4.79 Å². The Kier molecular flexibility index (Phi) is 3.59. The third-order valence-corrected chi connectivity index (χ3v) is 3.29. The van der Waals surface area contributed by atoms with Crippen LogP contribution < -0.4 is 0 Å². The van der Waals surface area contributed by atoms with Gasteiger partial charge in [0.25, 0.3) is 0 Å². The Bertz CT molecular complexity index is 354. The minimum absolute atomic E-state index is 0.0275. The minimum Gasteiger partial charge on any atom is -0.481 e. The van der Waals surface area contributed by atoms with Crippen LogP contribution >= 0.6 is 0 Å². The minimum atomic E-state index is -0.809. The van der Waals surface area contributed by atoms with Gasteiger partial charge in [-0.05, 0) is 18.8 Å². The highest BCUT2D eigenvalue weighted by Crippen LogP contribution is 2.25. The third kappa shape index (κ3) is 2.84. The lowest BCUT2D eigenvalue weighted by Gasteiger charge is -2.22. The van der Waals surface area contributed by atoms with Crippen molar-refractivity contribution in [2.24, 2.45) is 5.92 Å². The monoisotopic (exact) mass is 222 g/mol. The molecule has 0 saturated heterocycles. The Morgan fingerprint density at radius 2 is 2.19 bits per heavy atom. The van der Waals surface area contributed by atoms with Crippen LogP contribution in [0.4, 0.5) is 0 Å². The van der Waals surface area contributed by atoms with Crippen molar-refractivity contribution in [2.45, 2.75) is 45.1 Å². The smallest absolute Gasteiger partial charge is 0.311 e. The molecule has 0 amide bonds. The summed E-state index contributed by atoms with van der Waals surface area (Å²) in [7, 11) is 0. The molecule has 2 rings (SSSR count). The number of carbonyl (C=O) groups is 1. The Hall–Kier alpha value is -1.32. The molecule has 0 unspecified atom stereocenters. The first-order valence-corrected chi connectivity index (χ1v) is 5.97. The molecular formula is C12H18N2O2. The molecule has 4 nitrogen and oxygen atoms in total. The van der Waals surface area contributed by atoms with Gasteiger partial charge in [0.15, 0.2) is 0 Å². The van der Waals surface area contributed by atoms with Gasteiger partial charge in [-0.3, -0.25) is 4.79 Å². The van der Waals surface area contributed by atoms with E-state index in [1.165, 1.54) is 32.1 Å². The highest BCUT2D eigenvalue weighted by atomic mass is 16.4.